The molecule has 4 heteroatoms. The molecule has 0 bridgehead atoms. The summed E-state index contributed by atoms with van der Waals surface area (Å²) in [7, 11) is 4.31. The van der Waals surface area contributed by atoms with E-state index in [4.69, 9.17) is 0 Å². The van der Waals surface area contributed by atoms with E-state index in [1.54, 1.807) is 0 Å². The van der Waals surface area contributed by atoms with Gasteiger partial charge in [-0.1, -0.05) is 95.4 Å². The van der Waals surface area contributed by atoms with Crippen LogP contribution in [0.15, 0.2) is 107 Å². The van der Waals surface area contributed by atoms with Crippen molar-refractivity contribution in [2.75, 3.05) is 11.9 Å². The van der Waals surface area contributed by atoms with Gasteiger partial charge in [-0.25, -0.2) is 0 Å². The van der Waals surface area contributed by atoms with Crippen molar-refractivity contribution in [3.05, 3.63) is 107 Å². The smallest absolute Gasteiger partial charge is 0.262 e. The zero-order valence-corrected chi connectivity index (χ0v) is 21.1. The minimum Gasteiger partial charge on any atom is -0.338 e. The summed E-state index contributed by atoms with van der Waals surface area (Å²) in [5.74, 6) is 0. The minimum absolute atomic E-state index is 1.23. The monoisotopic (exact) mass is 477 g/mol. The molecule has 5 aromatic rings. The zero-order valence-electron chi connectivity index (χ0n) is 19.4. The summed E-state index contributed by atoms with van der Waals surface area (Å²) in [5, 5.41) is 7.73. The minimum atomic E-state index is 1.23. The second-order valence-corrected chi connectivity index (χ2v) is 10.7. The molecule has 0 saturated heterocycles. The van der Waals surface area contributed by atoms with Crippen LogP contribution in [0.3, 0.4) is 0 Å². The van der Waals surface area contributed by atoms with Crippen molar-refractivity contribution < 1.29 is 4.57 Å². The third-order valence-corrected chi connectivity index (χ3v) is 9.00. The Kier molecular flexibility index (Phi) is 5.28. The molecule has 0 amide bonds. The molecule has 0 saturated carbocycles. The van der Waals surface area contributed by atoms with Gasteiger partial charge in [0.2, 0.25) is 5.52 Å². The molecule has 0 fully saturated rings. The molecule has 1 aliphatic heterocycles. The number of fused-ring (bicyclic) bond motifs is 6. The standard InChI is InChI=1S/C30H25N2S2/c1-20(12-18-27-31(2)25-16-14-21-8-4-6-10-23(21)29(25)33-27)13-19-28-32(3)26-17-15-22-9-5-7-11-24(22)30(26)34-28/h4-19H,1-3H3/q+1. The van der Waals surface area contributed by atoms with E-state index in [1.807, 2.05) is 23.1 Å². The van der Waals surface area contributed by atoms with E-state index in [0.29, 0.717) is 0 Å². The maximum atomic E-state index is 2.29. The average molecular weight is 478 g/mol. The molecule has 6 rings (SSSR count). The van der Waals surface area contributed by atoms with E-state index < -0.39 is 0 Å². The molecule has 0 aliphatic carbocycles. The summed E-state index contributed by atoms with van der Waals surface area (Å²) in [4.78, 5) is 3.63. The largest absolute Gasteiger partial charge is 0.338 e. The third kappa shape index (κ3) is 3.54. The maximum Gasteiger partial charge on any atom is 0.262 e. The number of aromatic nitrogens is 1. The van der Waals surface area contributed by atoms with Crippen molar-refractivity contribution in [1.29, 1.82) is 0 Å². The fourth-order valence-electron chi connectivity index (χ4n) is 4.54. The van der Waals surface area contributed by atoms with Gasteiger partial charge in [-0.05, 0) is 41.3 Å². The van der Waals surface area contributed by atoms with Gasteiger partial charge >= 0.3 is 0 Å². The second-order valence-electron chi connectivity index (χ2n) is 8.68. The first kappa shape index (κ1) is 21.2. The van der Waals surface area contributed by atoms with Crippen LogP contribution in [0.25, 0.3) is 37.8 Å². The number of rotatable bonds is 3. The maximum absolute atomic E-state index is 2.29. The first-order chi connectivity index (χ1) is 16.6. The summed E-state index contributed by atoms with van der Waals surface area (Å²) in [6.45, 7) is 2.17. The van der Waals surface area contributed by atoms with Gasteiger partial charge in [-0.15, -0.1) is 0 Å². The molecule has 4 aromatic carbocycles. The second kappa shape index (κ2) is 8.46. The summed E-state index contributed by atoms with van der Waals surface area (Å²) in [6, 6.07) is 26.1. The molecule has 34 heavy (non-hydrogen) atoms. The van der Waals surface area contributed by atoms with Crippen LogP contribution in [-0.4, -0.2) is 7.05 Å². The van der Waals surface area contributed by atoms with Gasteiger partial charge in [0.05, 0.1) is 10.7 Å². The lowest BCUT2D eigenvalue weighted by Gasteiger charge is -2.13. The van der Waals surface area contributed by atoms with E-state index in [1.165, 1.54) is 58.0 Å². The van der Waals surface area contributed by atoms with Crippen LogP contribution in [0, 0.1) is 0 Å². The topological polar surface area (TPSA) is 7.12 Å². The molecule has 1 aromatic heterocycles. The Labute approximate surface area is 208 Å². The van der Waals surface area contributed by atoms with Gasteiger partial charge in [0, 0.05) is 29.5 Å². The van der Waals surface area contributed by atoms with Gasteiger partial charge < -0.3 is 4.90 Å². The molecular formula is C30H25N2S2+. The first-order valence-electron chi connectivity index (χ1n) is 11.4. The van der Waals surface area contributed by atoms with E-state index in [2.05, 4.69) is 128 Å². The van der Waals surface area contributed by atoms with E-state index in [0.717, 1.165) is 0 Å². The zero-order chi connectivity index (χ0) is 23.2. The molecule has 0 unspecified atom stereocenters. The van der Waals surface area contributed by atoms with Crippen molar-refractivity contribution >= 4 is 66.6 Å². The van der Waals surface area contributed by atoms with Gasteiger partial charge in [0.25, 0.3) is 5.01 Å². The Morgan fingerprint density at radius 1 is 0.882 bits per heavy atom. The van der Waals surface area contributed by atoms with Crippen LogP contribution in [-0.2, 0) is 7.05 Å². The number of nitrogens with zero attached hydrogens (tertiary/aromatic N) is 2. The summed E-state index contributed by atoms with van der Waals surface area (Å²) in [6.07, 6.45) is 8.90. The van der Waals surface area contributed by atoms with Crippen LogP contribution < -0.4 is 9.47 Å². The molecule has 0 N–H and O–H groups in total. The average Bonchev–Trinajstić information content (AvgIpc) is 3.38. The fourth-order valence-corrected chi connectivity index (χ4v) is 6.91. The van der Waals surface area contributed by atoms with Crippen molar-refractivity contribution in [1.82, 2.24) is 0 Å². The predicted molar refractivity (Wildman–Crippen MR) is 150 cm³/mol. The highest BCUT2D eigenvalue weighted by Gasteiger charge is 2.23. The predicted octanol–water partition coefficient (Wildman–Crippen LogP) is 8.08. The number of thiazole rings is 1. The summed E-state index contributed by atoms with van der Waals surface area (Å²) < 4.78 is 3.63. The molecule has 0 atom stereocenters. The molecule has 166 valence electrons. The number of benzene rings is 4. The number of hydrogen-bond acceptors (Lipinski definition) is 3. The molecular weight excluding hydrogens is 452 g/mol. The molecule has 1 aliphatic rings. The lowest BCUT2D eigenvalue weighted by atomic mass is 10.1. The van der Waals surface area contributed by atoms with Crippen LogP contribution in [0.1, 0.15) is 11.9 Å². The first-order valence-corrected chi connectivity index (χ1v) is 13.0. The number of allylic oxidation sites excluding steroid dienone is 4. The van der Waals surface area contributed by atoms with Gasteiger partial charge in [0.15, 0.2) is 0 Å². The lowest BCUT2D eigenvalue weighted by Crippen LogP contribution is -2.28. The Bertz CT molecular complexity index is 1670. The van der Waals surface area contributed by atoms with Crippen molar-refractivity contribution in [3.8, 4) is 0 Å². The highest BCUT2D eigenvalue weighted by atomic mass is 32.2. The summed E-state index contributed by atoms with van der Waals surface area (Å²) in [5.41, 5.74) is 3.78. The Morgan fingerprint density at radius 2 is 1.59 bits per heavy atom. The Balaban J connectivity index is 1.28. The van der Waals surface area contributed by atoms with Crippen molar-refractivity contribution in [3.63, 3.8) is 0 Å². The van der Waals surface area contributed by atoms with E-state index in [9.17, 15) is 0 Å². The number of thioether (sulfide) groups is 1. The number of anilines is 1. The van der Waals surface area contributed by atoms with E-state index in [-0.39, 0.29) is 0 Å². The SMILES string of the molecule is CC(/C=C/c1sc2c3ccccc3ccc2[n+]1C)=C\C=C1/Sc2c(ccc3ccccc23)N1C. The quantitative estimate of drug-likeness (QED) is 0.192. The highest BCUT2D eigenvalue weighted by Crippen LogP contribution is 2.48. The van der Waals surface area contributed by atoms with Crippen LogP contribution in [0.2, 0.25) is 0 Å². The van der Waals surface area contributed by atoms with Crippen molar-refractivity contribution in [2.24, 2.45) is 7.05 Å². The molecule has 2 nitrogen and oxygen atoms in total. The normalized spacial score (nSPS) is 15.4. The van der Waals surface area contributed by atoms with Gasteiger partial charge in [-0.2, -0.15) is 4.57 Å². The Hall–Kier alpha value is -3.34. The van der Waals surface area contributed by atoms with E-state index >= 15 is 0 Å². The molecule has 0 radical (unpaired) electrons. The lowest BCUT2D eigenvalue weighted by molar-refractivity contribution is -0.642. The number of hydrogen-bond donors (Lipinski definition) is 0. The van der Waals surface area contributed by atoms with Crippen LogP contribution in [0.5, 0.6) is 0 Å². The third-order valence-electron chi connectivity index (χ3n) is 6.49. The van der Waals surface area contributed by atoms with Crippen LogP contribution in [0.4, 0.5) is 5.69 Å². The van der Waals surface area contributed by atoms with Crippen molar-refractivity contribution in [2.45, 2.75) is 11.8 Å². The highest BCUT2D eigenvalue weighted by molar-refractivity contribution is 8.04. The number of aryl methyl sites for hydroxylation is 1. The molecule has 0 spiro atoms. The van der Waals surface area contributed by atoms with Crippen LogP contribution >= 0.6 is 23.1 Å². The van der Waals surface area contributed by atoms with Gasteiger partial charge in [0.1, 0.15) is 11.7 Å². The molecule has 2 heterocycles. The summed E-state index contributed by atoms with van der Waals surface area (Å²) >= 11 is 3.71. The fraction of sp³-hybridized carbons (Fsp3) is 0.100. The van der Waals surface area contributed by atoms with Gasteiger partial charge in [-0.3, -0.25) is 0 Å². The Morgan fingerprint density at radius 3 is 2.41 bits per heavy atom.